The first-order valence-corrected chi connectivity index (χ1v) is 5.76. The molecule has 0 aliphatic carbocycles. The fourth-order valence-corrected chi connectivity index (χ4v) is 1.69. The molecule has 0 aliphatic rings. The fraction of sp³-hybridized carbons (Fsp3) is 0.545. The number of rotatable bonds is 4. The largest absolute Gasteiger partial charge is 0.368 e. The summed E-state index contributed by atoms with van der Waals surface area (Å²) in [5.74, 6) is 0.258. The molecule has 0 radical (unpaired) electrons. The Bertz CT molecular complexity index is 434. The van der Waals surface area contributed by atoms with Crippen molar-refractivity contribution in [3.05, 3.63) is 16.3 Å². The van der Waals surface area contributed by atoms with E-state index in [9.17, 15) is 4.79 Å². The molecule has 0 spiro atoms. The van der Waals surface area contributed by atoms with E-state index < -0.39 is 5.91 Å². The summed E-state index contributed by atoms with van der Waals surface area (Å²) in [7, 11) is 0. The average Bonchev–Trinajstić information content (AvgIpc) is 2.23. The Kier molecular flexibility index (Phi) is 4.28. The highest BCUT2D eigenvalue weighted by Gasteiger charge is 2.19. The Labute approximate surface area is 106 Å². The molecule has 0 saturated carbocycles. The van der Waals surface area contributed by atoms with Crippen LogP contribution in [0.3, 0.4) is 0 Å². The van der Waals surface area contributed by atoms with Gasteiger partial charge in [-0.15, -0.1) is 10.2 Å². The van der Waals surface area contributed by atoms with Gasteiger partial charge < -0.3 is 10.6 Å². The summed E-state index contributed by atoms with van der Waals surface area (Å²) in [5.41, 5.74) is 7.02. The van der Waals surface area contributed by atoms with Gasteiger partial charge in [0.1, 0.15) is 0 Å². The summed E-state index contributed by atoms with van der Waals surface area (Å²) in [4.78, 5) is 12.9. The normalized spacial score (nSPS) is 10.7. The molecule has 0 unspecified atom stereocenters. The summed E-state index contributed by atoms with van der Waals surface area (Å²) in [6.07, 6.45) is 0. The number of hydrogen-bond acceptors (Lipinski definition) is 4. The lowest BCUT2D eigenvalue weighted by molar-refractivity contribution is -0.116. The molecule has 0 aromatic carbocycles. The molecule has 94 valence electrons. The minimum atomic E-state index is -0.396. The van der Waals surface area contributed by atoms with E-state index in [1.54, 1.807) is 0 Å². The van der Waals surface area contributed by atoms with Crippen molar-refractivity contribution in [2.45, 2.75) is 33.7 Å². The van der Waals surface area contributed by atoms with Gasteiger partial charge in [-0.1, -0.05) is 11.6 Å². The number of nitrogens with two attached hydrogens (primary N) is 1. The Balaban J connectivity index is 3.19. The third-order valence-electron chi connectivity index (χ3n) is 2.66. The van der Waals surface area contributed by atoms with Crippen LogP contribution >= 0.6 is 11.6 Å². The maximum Gasteiger partial charge on any atom is 0.237 e. The second-order valence-electron chi connectivity index (χ2n) is 4.25. The van der Waals surface area contributed by atoms with Gasteiger partial charge >= 0.3 is 0 Å². The Morgan fingerprint density at radius 1 is 1.35 bits per heavy atom. The maximum absolute atomic E-state index is 11.1. The first kappa shape index (κ1) is 13.7. The van der Waals surface area contributed by atoms with Crippen molar-refractivity contribution >= 4 is 23.3 Å². The molecule has 0 aliphatic heterocycles. The third-order valence-corrected chi connectivity index (χ3v) is 3.02. The first-order chi connectivity index (χ1) is 7.84. The number of primary amides is 1. The van der Waals surface area contributed by atoms with E-state index in [4.69, 9.17) is 17.3 Å². The predicted octanol–water partition coefficient (Wildman–Crippen LogP) is 1.45. The number of amides is 1. The zero-order valence-corrected chi connectivity index (χ0v) is 11.2. The summed E-state index contributed by atoms with van der Waals surface area (Å²) in [6, 6.07) is 0.107. The molecule has 0 bridgehead atoms. The van der Waals surface area contributed by atoms with Crippen LogP contribution < -0.4 is 10.6 Å². The van der Waals surface area contributed by atoms with Gasteiger partial charge in [0.15, 0.2) is 11.0 Å². The number of aromatic nitrogens is 2. The summed E-state index contributed by atoms with van der Waals surface area (Å²) in [6.45, 7) is 7.83. The van der Waals surface area contributed by atoms with Crippen molar-refractivity contribution in [2.75, 3.05) is 11.4 Å². The Morgan fingerprint density at radius 3 is 2.41 bits per heavy atom. The van der Waals surface area contributed by atoms with Crippen LogP contribution in [0.1, 0.15) is 25.0 Å². The van der Waals surface area contributed by atoms with Gasteiger partial charge in [-0.25, -0.2) is 0 Å². The van der Waals surface area contributed by atoms with E-state index in [1.807, 2.05) is 32.6 Å². The van der Waals surface area contributed by atoms with Crippen LogP contribution in [0, 0.1) is 13.8 Å². The highest BCUT2D eigenvalue weighted by molar-refractivity contribution is 6.30. The van der Waals surface area contributed by atoms with Crippen LogP contribution in [0.25, 0.3) is 0 Å². The monoisotopic (exact) mass is 256 g/mol. The summed E-state index contributed by atoms with van der Waals surface area (Å²) >= 11 is 5.89. The van der Waals surface area contributed by atoms with E-state index in [0.29, 0.717) is 11.0 Å². The highest BCUT2D eigenvalue weighted by Crippen LogP contribution is 2.24. The molecule has 1 amide bonds. The van der Waals surface area contributed by atoms with Crippen LogP contribution in [0.5, 0.6) is 0 Å². The van der Waals surface area contributed by atoms with Crippen molar-refractivity contribution in [3.63, 3.8) is 0 Å². The first-order valence-electron chi connectivity index (χ1n) is 5.39. The summed E-state index contributed by atoms with van der Waals surface area (Å²) < 4.78 is 0. The lowest BCUT2D eigenvalue weighted by Gasteiger charge is -2.27. The topological polar surface area (TPSA) is 72.1 Å². The number of carbonyl (C=O) groups excluding carboxylic acids is 1. The molecule has 1 aromatic heterocycles. The standard InChI is InChI=1S/C11H17ClN4O/c1-6(2)16(5-9(13)17)11-8(4)7(3)10(12)14-15-11/h6H,5H2,1-4H3,(H2,13,17). The van der Waals surface area contributed by atoms with Crippen molar-refractivity contribution in [1.29, 1.82) is 0 Å². The van der Waals surface area contributed by atoms with Gasteiger partial charge in [0.05, 0.1) is 6.54 Å². The number of halogens is 1. The van der Waals surface area contributed by atoms with Crippen molar-refractivity contribution in [2.24, 2.45) is 5.73 Å². The molecular formula is C11H17ClN4O. The van der Waals surface area contributed by atoms with Gasteiger partial charge in [0, 0.05) is 6.04 Å². The lowest BCUT2D eigenvalue weighted by atomic mass is 10.1. The zero-order chi connectivity index (χ0) is 13.2. The molecule has 0 fully saturated rings. The van der Waals surface area contributed by atoms with Crippen LogP contribution in [0.4, 0.5) is 5.82 Å². The number of hydrogen-bond donors (Lipinski definition) is 1. The number of anilines is 1. The van der Waals surface area contributed by atoms with E-state index in [0.717, 1.165) is 11.1 Å². The molecule has 0 atom stereocenters. The van der Waals surface area contributed by atoms with Crippen LogP contribution in [0.2, 0.25) is 5.15 Å². The summed E-state index contributed by atoms with van der Waals surface area (Å²) in [5, 5.41) is 8.30. The molecule has 1 heterocycles. The maximum atomic E-state index is 11.1. The third kappa shape index (κ3) is 3.06. The van der Waals surface area contributed by atoms with E-state index in [2.05, 4.69) is 10.2 Å². The van der Waals surface area contributed by atoms with E-state index in [1.165, 1.54) is 0 Å². The van der Waals surface area contributed by atoms with Crippen LogP contribution in [-0.4, -0.2) is 28.7 Å². The lowest BCUT2D eigenvalue weighted by Crippen LogP contribution is -2.39. The average molecular weight is 257 g/mol. The van der Waals surface area contributed by atoms with Crippen LogP contribution in [-0.2, 0) is 4.79 Å². The van der Waals surface area contributed by atoms with Crippen molar-refractivity contribution in [3.8, 4) is 0 Å². The quantitative estimate of drug-likeness (QED) is 0.885. The Morgan fingerprint density at radius 2 is 1.94 bits per heavy atom. The predicted molar refractivity (Wildman–Crippen MR) is 68.2 cm³/mol. The molecular weight excluding hydrogens is 240 g/mol. The van der Waals surface area contributed by atoms with Gasteiger partial charge in [0.2, 0.25) is 5.91 Å². The number of carbonyl (C=O) groups is 1. The van der Waals surface area contributed by atoms with E-state index >= 15 is 0 Å². The molecule has 6 heteroatoms. The molecule has 1 rings (SSSR count). The second-order valence-corrected chi connectivity index (χ2v) is 4.61. The smallest absolute Gasteiger partial charge is 0.237 e. The minimum absolute atomic E-state index is 0.107. The van der Waals surface area contributed by atoms with Gasteiger partial charge in [0.25, 0.3) is 0 Å². The van der Waals surface area contributed by atoms with Gasteiger partial charge in [-0.3, -0.25) is 4.79 Å². The van der Waals surface area contributed by atoms with Crippen molar-refractivity contribution < 1.29 is 4.79 Å². The molecule has 5 nitrogen and oxygen atoms in total. The van der Waals surface area contributed by atoms with Crippen LogP contribution in [0.15, 0.2) is 0 Å². The minimum Gasteiger partial charge on any atom is -0.368 e. The SMILES string of the molecule is Cc1c(Cl)nnc(N(CC(N)=O)C(C)C)c1C. The fourth-order valence-electron chi connectivity index (χ4n) is 1.51. The highest BCUT2D eigenvalue weighted by atomic mass is 35.5. The molecule has 0 saturated heterocycles. The second kappa shape index (κ2) is 5.31. The van der Waals surface area contributed by atoms with E-state index in [-0.39, 0.29) is 12.6 Å². The van der Waals surface area contributed by atoms with Crippen molar-refractivity contribution in [1.82, 2.24) is 10.2 Å². The zero-order valence-electron chi connectivity index (χ0n) is 10.5. The molecule has 1 aromatic rings. The molecule has 17 heavy (non-hydrogen) atoms. The Hall–Kier alpha value is -1.36. The molecule has 2 N–H and O–H groups in total. The van der Waals surface area contributed by atoms with Gasteiger partial charge in [-0.2, -0.15) is 0 Å². The van der Waals surface area contributed by atoms with Gasteiger partial charge in [-0.05, 0) is 38.8 Å². The number of nitrogens with zero attached hydrogens (tertiary/aromatic N) is 3.